The predicted octanol–water partition coefficient (Wildman–Crippen LogP) is 2.01. The fourth-order valence-corrected chi connectivity index (χ4v) is 3.09. The van der Waals surface area contributed by atoms with Crippen LogP contribution in [0.1, 0.15) is 19.3 Å². The summed E-state index contributed by atoms with van der Waals surface area (Å²) in [4.78, 5) is 0. The average molecular weight is 169 g/mol. The van der Waals surface area contributed by atoms with Crippen molar-refractivity contribution in [2.45, 2.75) is 24.6 Å². The Balaban J connectivity index is 1.88. The molecular weight excluding hydrogens is 154 g/mol. The molecule has 1 fully saturated rings. The molecule has 1 aliphatic heterocycles. The maximum absolute atomic E-state index is 3.56. The lowest BCUT2D eigenvalue weighted by Crippen LogP contribution is -2.28. The topological polar surface area (TPSA) is 12.0 Å². The van der Waals surface area contributed by atoms with Crippen LogP contribution in [0.25, 0.3) is 0 Å². The molecule has 2 aliphatic rings. The third kappa shape index (κ3) is 1.79. The molecule has 1 nitrogen and oxygen atoms in total. The first-order valence-corrected chi connectivity index (χ1v) is 5.52. The zero-order valence-electron chi connectivity index (χ0n) is 6.75. The SMILES string of the molecule is C1=CC[C@@H]([C@@H]2NCCS2)CC1. The lowest BCUT2D eigenvalue weighted by molar-refractivity contribution is 0.429. The van der Waals surface area contributed by atoms with Crippen LogP contribution in [-0.2, 0) is 0 Å². The molecule has 1 aliphatic carbocycles. The summed E-state index contributed by atoms with van der Waals surface area (Å²) in [6, 6.07) is 0. The summed E-state index contributed by atoms with van der Waals surface area (Å²) in [5, 5.41) is 4.32. The Hall–Kier alpha value is 0.0500. The summed E-state index contributed by atoms with van der Waals surface area (Å²) in [7, 11) is 0. The van der Waals surface area contributed by atoms with Crippen LogP contribution in [0.4, 0.5) is 0 Å². The van der Waals surface area contributed by atoms with Gasteiger partial charge < -0.3 is 5.32 Å². The van der Waals surface area contributed by atoms with Gasteiger partial charge in [-0.05, 0) is 25.2 Å². The summed E-state index contributed by atoms with van der Waals surface area (Å²) in [6.07, 6.45) is 8.64. The molecule has 0 saturated carbocycles. The summed E-state index contributed by atoms with van der Waals surface area (Å²) < 4.78 is 0. The van der Waals surface area contributed by atoms with Crippen LogP contribution in [0.15, 0.2) is 12.2 Å². The van der Waals surface area contributed by atoms with Gasteiger partial charge in [-0.3, -0.25) is 0 Å². The summed E-state index contributed by atoms with van der Waals surface area (Å²) in [6.45, 7) is 1.22. The molecule has 1 heterocycles. The van der Waals surface area contributed by atoms with Crippen molar-refractivity contribution < 1.29 is 0 Å². The molecule has 2 heteroatoms. The fourth-order valence-electron chi connectivity index (χ4n) is 1.84. The molecule has 0 radical (unpaired) electrons. The van der Waals surface area contributed by atoms with E-state index in [0.717, 1.165) is 11.3 Å². The van der Waals surface area contributed by atoms with Crippen molar-refractivity contribution in [2.24, 2.45) is 5.92 Å². The monoisotopic (exact) mass is 169 g/mol. The molecule has 0 bridgehead atoms. The molecular formula is C9H15NS. The first-order valence-electron chi connectivity index (χ1n) is 4.47. The van der Waals surface area contributed by atoms with E-state index in [4.69, 9.17) is 0 Å². The fraction of sp³-hybridized carbons (Fsp3) is 0.778. The van der Waals surface area contributed by atoms with Crippen LogP contribution in [0.2, 0.25) is 0 Å². The Labute approximate surface area is 72.6 Å². The molecule has 1 N–H and O–H groups in total. The lowest BCUT2D eigenvalue weighted by Gasteiger charge is -2.23. The minimum atomic E-state index is 0.764. The number of hydrogen-bond acceptors (Lipinski definition) is 2. The molecule has 0 unspecified atom stereocenters. The quantitative estimate of drug-likeness (QED) is 0.603. The van der Waals surface area contributed by atoms with Crippen LogP contribution in [0.3, 0.4) is 0 Å². The Morgan fingerprint density at radius 2 is 2.36 bits per heavy atom. The van der Waals surface area contributed by atoms with Crippen molar-refractivity contribution in [1.82, 2.24) is 5.32 Å². The highest BCUT2D eigenvalue weighted by molar-refractivity contribution is 8.00. The Kier molecular flexibility index (Phi) is 2.54. The van der Waals surface area contributed by atoms with Crippen molar-refractivity contribution >= 4 is 11.8 Å². The van der Waals surface area contributed by atoms with Gasteiger partial charge in [0, 0.05) is 12.3 Å². The van der Waals surface area contributed by atoms with Gasteiger partial charge in [-0.15, -0.1) is 11.8 Å². The minimum absolute atomic E-state index is 0.764. The molecule has 0 aromatic rings. The third-order valence-corrected chi connectivity index (χ3v) is 3.83. The highest BCUT2D eigenvalue weighted by Crippen LogP contribution is 2.30. The van der Waals surface area contributed by atoms with Gasteiger partial charge in [0.25, 0.3) is 0 Å². The van der Waals surface area contributed by atoms with Gasteiger partial charge in [-0.1, -0.05) is 12.2 Å². The second kappa shape index (κ2) is 3.63. The van der Waals surface area contributed by atoms with Gasteiger partial charge >= 0.3 is 0 Å². The molecule has 0 aromatic carbocycles. The summed E-state index contributed by atoms with van der Waals surface area (Å²) in [5.74, 6) is 2.22. The van der Waals surface area contributed by atoms with E-state index in [9.17, 15) is 0 Å². The van der Waals surface area contributed by atoms with Crippen molar-refractivity contribution in [2.75, 3.05) is 12.3 Å². The Bertz CT molecular complexity index is 150. The predicted molar refractivity (Wildman–Crippen MR) is 50.7 cm³/mol. The molecule has 0 spiro atoms. The smallest absolute Gasteiger partial charge is 0.0564 e. The van der Waals surface area contributed by atoms with Crippen molar-refractivity contribution in [1.29, 1.82) is 0 Å². The number of thioether (sulfide) groups is 1. The van der Waals surface area contributed by atoms with Crippen LogP contribution in [-0.4, -0.2) is 17.7 Å². The van der Waals surface area contributed by atoms with E-state index in [0.29, 0.717) is 0 Å². The zero-order valence-corrected chi connectivity index (χ0v) is 7.57. The number of allylic oxidation sites excluding steroid dienone is 2. The summed E-state index contributed by atoms with van der Waals surface area (Å²) in [5.41, 5.74) is 0. The first-order chi connectivity index (χ1) is 5.47. The van der Waals surface area contributed by atoms with E-state index in [2.05, 4.69) is 29.2 Å². The number of nitrogens with one attached hydrogen (secondary N) is 1. The van der Waals surface area contributed by atoms with Crippen LogP contribution >= 0.6 is 11.8 Å². The van der Waals surface area contributed by atoms with Crippen LogP contribution < -0.4 is 5.32 Å². The van der Waals surface area contributed by atoms with Gasteiger partial charge in [0.1, 0.15) is 0 Å². The Morgan fingerprint density at radius 3 is 3.00 bits per heavy atom. The molecule has 1 saturated heterocycles. The van der Waals surface area contributed by atoms with Crippen LogP contribution in [0, 0.1) is 5.92 Å². The first kappa shape index (κ1) is 7.69. The molecule has 11 heavy (non-hydrogen) atoms. The minimum Gasteiger partial charge on any atom is -0.304 e. The van der Waals surface area contributed by atoms with E-state index < -0.39 is 0 Å². The highest BCUT2D eigenvalue weighted by atomic mass is 32.2. The molecule has 62 valence electrons. The Morgan fingerprint density at radius 1 is 1.36 bits per heavy atom. The van der Waals surface area contributed by atoms with E-state index in [1.54, 1.807) is 0 Å². The molecule has 0 aromatic heterocycles. The second-order valence-electron chi connectivity index (χ2n) is 3.29. The van der Waals surface area contributed by atoms with Gasteiger partial charge in [-0.2, -0.15) is 0 Å². The highest BCUT2D eigenvalue weighted by Gasteiger charge is 2.24. The number of rotatable bonds is 1. The molecule has 0 amide bonds. The van der Waals surface area contributed by atoms with E-state index in [1.165, 1.54) is 31.6 Å². The second-order valence-corrected chi connectivity index (χ2v) is 4.54. The van der Waals surface area contributed by atoms with E-state index in [-0.39, 0.29) is 0 Å². The zero-order chi connectivity index (χ0) is 7.52. The maximum atomic E-state index is 3.56. The molecule has 2 rings (SSSR count). The van der Waals surface area contributed by atoms with Crippen LogP contribution in [0.5, 0.6) is 0 Å². The van der Waals surface area contributed by atoms with Crippen molar-refractivity contribution in [3.63, 3.8) is 0 Å². The average Bonchev–Trinajstić information content (AvgIpc) is 2.58. The summed E-state index contributed by atoms with van der Waals surface area (Å²) >= 11 is 2.10. The van der Waals surface area contributed by atoms with E-state index in [1.807, 2.05) is 0 Å². The normalized spacial score (nSPS) is 37.8. The van der Waals surface area contributed by atoms with Gasteiger partial charge in [0.15, 0.2) is 0 Å². The van der Waals surface area contributed by atoms with Crippen molar-refractivity contribution in [3.05, 3.63) is 12.2 Å². The lowest BCUT2D eigenvalue weighted by atomic mass is 9.94. The van der Waals surface area contributed by atoms with Gasteiger partial charge in [-0.25, -0.2) is 0 Å². The third-order valence-electron chi connectivity index (χ3n) is 2.48. The number of hydrogen-bond donors (Lipinski definition) is 1. The maximum Gasteiger partial charge on any atom is 0.0564 e. The standard InChI is InChI=1S/C9H15NS/c1-2-4-8(5-3-1)9-10-6-7-11-9/h1-2,8-10H,3-7H2/t8-,9-/m1/s1. The largest absolute Gasteiger partial charge is 0.304 e. The van der Waals surface area contributed by atoms with E-state index >= 15 is 0 Å². The van der Waals surface area contributed by atoms with Gasteiger partial charge in [0.2, 0.25) is 0 Å². The van der Waals surface area contributed by atoms with Gasteiger partial charge in [0.05, 0.1) is 5.37 Å². The molecule has 2 atom stereocenters. The van der Waals surface area contributed by atoms with Crippen molar-refractivity contribution in [3.8, 4) is 0 Å².